The van der Waals surface area contributed by atoms with E-state index in [9.17, 15) is 17.6 Å². The number of allylic oxidation sites excluding steroid dienone is 3. The second-order valence-electron chi connectivity index (χ2n) is 1.65. The Labute approximate surface area is 55.8 Å². The molecule has 0 aliphatic heterocycles. The summed E-state index contributed by atoms with van der Waals surface area (Å²) >= 11 is 0. The number of halogens is 4. The van der Waals surface area contributed by atoms with Crippen molar-refractivity contribution in [2.75, 3.05) is 0 Å². The lowest BCUT2D eigenvalue weighted by Gasteiger charge is -2.05. The molecule has 0 aliphatic carbocycles. The van der Waals surface area contributed by atoms with Gasteiger partial charge in [0.2, 0.25) is 0 Å². The van der Waals surface area contributed by atoms with Gasteiger partial charge in [0.1, 0.15) is 5.83 Å². The highest BCUT2D eigenvalue weighted by Gasteiger charge is 2.33. The molecule has 0 unspecified atom stereocenters. The summed E-state index contributed by atoms with van der Waals surface area (Å²) in [6.45, 7) is 3.57. The molecule has 10 heavy (non-hydrogen) atoms. The van der Waals surface area contributed by atoms with E-state index in [0.29, 0.717) is 6.08 Å². The first kappa shape index (κ1) is 9.20. The van der Waals surface area contributed by atoms with Gasteiger partial charge in [0, 0.05) is 0 Å². The van der Waals surface area contributed by atoms with Crippen LogP contribution in [0, 0.1) is 0 Å². The third-order valence-electron chi connectivity index (χ3n) is 0.881. The highest BCUT2D eigenvalue weighted by molar-refractivity contribution is 5.23. The molecule has 0 atom stereocenters. The summed E-state index contributed by atoms with van der Waals surface area (Å²) < 4.78 is 46.8. The Hall–Kier alpha value is -0.800. The molecule has 0 heterocycles. The fourth-order valence-electron chi connectivity index (χ4n) is 0.452. The van der Waals surface area contributed by atoms with E-state index < -0.39 is 17.6 Å². The molecule has 0 aromatic carbocycles. The Bertz CT molecular complexity index is 159. The third-order valence-corrected chi connectivity index (χ3v) is 0.881. The first-order valence-electron chi connectivity index (χ1n) is 2.45. The standard InChI is InChI=1S/C6H6F4/c1-3-5(4(2)7)6(8,9)10/h3H,1H2,2H3. The minimum Gasteiger partial charge on any atom is -0.211 e. The Balaban J connectivity index is 4.71. The van der Waals surface area contributed by atoms with E-state index in [4.69, 9.17) is 0 Å². The first-order valence-corrected chi connectivity index (χ1v) is 2.45. The minimum absolute atomic E-state index is 0.454. The van der Waals surface area contributed by atoms with Crippen molar-refractivity contribution in [1.29, 1.82) is 0 Å². The zero-order valence-corrected chi connectivity index (χ0v) is 5.30. The Morgan fingerprint density at radius 1 is 1.40 bits per heavy atom. The maximum atomic E-state index is 12.0. The Morgan fingerprint density at radius 3 is 1.80 bits per heavy atom. The van der Waals surface area contributed by atoms with Crippen LogP contribution in [0.3, 0.4) is 0 Å². The molecular weight excluding hydrogens is 148 g/mol. The zero-order chi connectivity index (χ0) is 8.36. The molecule has 0 amide bonds. The van der Waals surface area contributed by atoms with Crippen molar-refractivity contribution in [3.05, 3.63) is 24.1 Å². The summed E-state index contributed by atoms with van der Waals surface area (Å²) in [7, 11) is 0. The monoisotopic (exact) mass is 154 g/mol. The van der Waals surface area contributed by atoms with Gasteiger partial charge in [0.25, 0.3) is 0 Å². The average molecular weight is 154 g/mol. The maximum absolute atomic E-state index is 12.0. The van der Waals surface area contributed by atoms with E-state index in [1.54, 1.807) is 0 Å². The van der Waals surface area contributed by atoms with Crippen LogP contribution in [-0.4, -0.2) is 6.18 Å². The van der Waals surface area contributed by atoms with Crippen molar-refractivity contribution in [3.8, 4) is 0 Å². The summed E-state index contributed by atoms with van der Waals surface area (Å²) in [6.07, 6.45) is -4.17. The molecule has 0 bridgehead atoms. The van der Waals surface area contributed by atoms with E-state index in [1.807, 2.05) is 0 Å². The molecule has 58 valence electrons. The van der Waals surface area contributed by atoms with Crippen LogP contribution in [0.5, 0.6) is 0 Å². The molecular formula is C6H6F4. The van der Waals surface area contributed by atoms with Crippen molar-refractivity contribution in [2.45, 2.75) is 13.1 Å². The molecule has 0 nitrogen and oxygen atoms in total. The topological polar surface area (TPSA) is 0 Å². The van der Waals surface area contributed by atoms with E-state index in [0.717, 1.165) is 6.92 Å². The molecule has 0 N–H and O–H groups in total. The quantitative estimate of drug-likeness (QED) is 0.402. The first-order chi connectivity index (χ1) is 4.39. The fraction of sp³-hybridized carbons (Fsp3) is 0.333. The average Bonchev–Trinajstić information content (AvgIpc) is 1.60. The van der Waals surface area contributed by atoms with Crippen molar-refractivity contribution >= 4 is 0 Å². The molecule has 4 heteroatoms. The zero-order valence-electron chi connectivity index (χ0n) is 5.30. The summed E-state index contributed by atoms with van der Waals surface area (Å²) in [5, 5.41) is 0. The predicted molar refractivity (Wildman–Crippen MR) is 30.1 cm³/mol. The van der Waals surface area contributed by atoms with Crippen LogP contribution in [0.2, 0.25) is 0 Å². The van der Waals surface area contributed by atoms with E-state index in [2.05, 4.69) is 6.58 Å². The van der Waals surface area contributed by atoms with Gasteiger partial charge in [-0.2, -0.15) is 13.2 Å². The van der Waals surface area contributed by atoms with Crippen molar-refractivity contribution in [2.24, 2.45) is 0 Å². The number of hydrogen-bond acceptors (Lipinski definition) is 0. The van der Waals surface area contributed by atoms with Crippen molar-refractivity contribution < 1.29 is 17.6 Å². The maximum Gasteiger partial charge on any atom is 0.418 e. The van der Waals surface area contributed by atoms with Gasteiger partial charge in [-0.25, -0.2) is 4.39 Å². The third kappa shape index (κ3) is 2.21. The molecule has 0 fully saturated rings. The van der Waals surface area contributed by atoms with Crippen LogP contribution in [0.1, 0.15) is 6.92 Å². The molecule has 0 saturated heterocycles. The van der Waals surface area contributed by atoms with Gasteiger partial charge < -0.3 is 0 Å². The Morgan fingerprint density at radius 2 is 1.80 bits per heavy atom. The molecule has 0 rings (SSSR count). The van der Waals surface area contributed by atoms with Crippen LogP contribution < -0.4 is 0 Å². The summed E-state index contributed by atoms with van der Waals surface area (Å²) in [4.78, 5) is 0. The van der Waals surface area contributed by atoms with E-state index in [-0.39, 0.29) is 0 Å². The second kappa shape index (κ2) is 2.86. The summed E-state index contributed by atoms with van der Waals surface area (Å²) in [5.74, 6) is -1.26. The number of rotatable bonds is 1. The van der Waals surface area contributed by atoms with Gasteiger partial charge in [0.05, 0.1) is 5.57 Å². The van der Waals surface area contributed by atoms with Gasteiger partial charge in [-0.3, -0.25) is 0 Å². The molecule has 0 saturated carbocycles. The van der Waals surface area contributed by atoms with Crippen molar-refractivity contribution in [1.82, 2.24) is 0 Å². The Kier molecular flexibility index (Phi) is 2.63. The van der Waals surface area contributed by atoms with Crippen LogP contribution in [-0.2, 0) is 0 Å². The van der Waals surface area contributed by atoms with E-state index >= 15 is 0 Å². The number of alkyl halides is 3. The van der Waals surface area contributed by atoms with Gasteiger partial charge in [0.15, 0.2) is 0 Å². The van der Waals surface area contributed by atoms with Crippen LogP contribution in [0.4, 0.5) is 17.6 Å². The lowest BCUT2D eigenvalue weighted by molar-refractivity contribution is -0.0899. The van der Waals surface area contributed by atoms with Crippen LogP contribution >= 0.6 is 0 Å². The van der Waals surface area contributed by atoms with Crippen LogP contribution in [0.15, 0.2) is 24.1 Å². The van der Waals surface area contributed by atoms with Crippen LogP contribution in [0.25, 0.3) is 0 Å². The summed E-state index contributed by atoms with van der Waals surface area (Å²) in [6, 6.07) is 0. The highest BCUT2D eigenvalue weighted by Crippen LogP contribution is 2.28. The fourth-order valence-corrected chi connectivity index (χ4v) is 0.452. The van der Waals surface area contributed by atoms with E-state index in [1.165, 1.54) is 0 Å². The van der Waals surface area contributed by atoms with Gasteiger partial charge >= 0.3 is 6.18 Å². The molecule has 0 aliphatic rings. The van der Waals surface area contributed by atoms with Gasteiger partial charge in [-0.05, 0) is 6.92 Å². The van der Waals surface area contributed by atoms with Gasteiger partial charge in [-0.15, -0.1) is 0 Å². The lowest BCUT2D eigenvalue weighted by Crippen LogP contribution is -2.10. The van der Waals surface area contributed by atoms with Gasteiger partial charge in [-0.1, -0.05) is 12.7 Å². The lowest BCUT2D eigenvalue weighted by atomic mass is 10.2. The minimum atomic E-state index is -4.62. The van der Waals surface area contributed by atoms with Crippen molar-refractivity contribution in [3.63, 3.8) is 0 Å². The number of hydrogen-bond donors (Lipinski definition) is 0. The smallest absolute Gasteiger partial charge is 0.211 e. The SMILES string of the molecule is C=CC(=C(C)F)C(F)(F)F. The molecule has 0 radical (unpaired) electrons. The molecule has 0 aromatic rings. The second-order valence-corrected chi connectivity index (χ2v) is 1.65. The summed E-state index contributed by atoms with van der Waals surface area (Å²) in [5.41, 5.74) is -1.31. The molecule has 0 spiro atoms. The largest absolute Gasteiger partial charge is 0.418 e. The predicted octanol–water partition coefficient (Wildman–Crippen LogP) is 2.98. The normalized spacial score (nSPS) is 14.5. The molecule has 0 aromatic heterocycles. The highest BCUT2D eigenvalue weighted by atomic mass is 19.4.